The molecule has 2 aromatic carbocycles. The number of aryl methyl sites for hydroxylation is 1. The number of benzene rings is 2. The summed E-state index contributed by atoms with van der Waals surface area (Å²) in [6, 6.07) is 14.4. The van der Waals surface area contributed by atoms with Crippen molar-refractivity contribution in [1.29, 1.82) is 0 Å². The van der Waals surface area contributed by atoms with E-state index in [-0.39, 0.29) is 5.91 Å². The second-order valence-corrected chi connectivity index (χ2v) is 4.76. The average Bonchev–Trinajstić information content (AvgIpc) is 2.48. The van der Waals surface area contributed by atoms with Crippen LogP contribution in [0.25, 0.3) is 0 Å². The fraction of sp³-hybridized carbons (Fsp3) is 0.125. The summed E-state index contributed by atoms with van der Waals surface area (Å²) >= 11 is 4.04. The summed E-state index contributed by atoms with van der Waals surface area (Å²) in [4.78, 5) is 22.3. The number of rotatable bonds is 2. The summed E-state index contributed by atoms with van der Waals surface area (Å²) in [6.07, 6.45) is 0. The van der Waals surface area contributed by atoms with Crippen molar-refractivity contribution in [2.24, 2.45) is 5.73 Å². The van der Waals surface area contributed by atoms with E-state index in [1.165, 1.54) is 0 Å². The zero-order chi connectivity index (χ0) is 15.8. The molecule has 0 bridgehead atoms. The molecule has 0 spiro atoms. The minimum Gasteiger partial charge on any atom is -0.366 e. The number of nitrogens with two attached hydrogens (primary N) is 1. The maximum atomic E-state index is 11.1. The van der Waals surface area contributed by atoms with Gasteiger partial charge in [-0.15, -0.1) is 12.6 Å². The van der Waals surface area contributed by atoms with Crippen LogP contribution in [0.15, 0.2) is 53.4 Å². The summed E-state index contributed by atoms with van der Waals surface area (Å²) in [7, 11) is 1.63. The first kappa shape index (κ1) is 16.8. The zero-order valence-electron chi connectivity index (χ0n) is 12.0. The van der Waals surface area contributed by atoms with Gasteiger partial charge in [-0.1, -0.05) is 30.3 Å². The number of hydrogen-bond donors (Lipinski definition) is 3. The summed E-state index contributed by atoms with van der Waals surface area (Å²) < 4.78 is 0. The highest BCUT2D eigenvalue weighted by molar-refractivity contribution is 7.80. The van der Waals surface area contributed by atoms with Crippen LogP contribution in [0.4, 0.5) is 0 Å². The Bertz CT molecular complexity index is 642. The van der Waals surface area contributed by atoms with Crippen molar-refractivity contribution < 1.29 is 9.59 Å². The molecule has 2 amide bonds. The number of carbonyl (C=O) groups is 2. The first-order chi connectivity index (χ1) is 9.97. The van der Waals surface area contributed by atoms with Gasteiger partial charge in [0.05, 0.1) is 5.56 Å². The molecule has 0 saturated carbocycles. The molecule has 0 fully saturated rings. The van der Waals surface area contributed by atoms with Gasteiger partial charge in [0, 0.05) is 17.5 Å². The van der Waals surface area contributed by atoms with Crippen LogP contribution in [0.3, 0.4) is 0 Å². The van der Waals surface area contributed by atoms with Gasteiger partial charge in [0.2, 0.25) is 5.91 Å². The van der Waals surface area contributed by atoms with E-state index in [1.54, 1.807) is 31.3 Å². The molecule has 0 radical (unpaired) electrons. The van der Waals surface area contributed by atoms with E-state index in [1.807, 2.05) is 31.2 Å². The molecule has 21 heavy (non-hydrogen) atoms. The lowest BCUT2D eigenvalue weighted by Crippen LogP contribution is -2.18. The lowest BCUT2D eigenvalue weighted by atomic mass is 10.1. The minimum absolute atomic E-state index is 0.0249. The van der Waals surface area contributed by atoms with Crippen LogP contribution >= 0.6 is 12.6 Å². The third-order valence-corrected chi connectivity index (χ3v) is 3.18. The second kappa shape index (κ2) is 8.11. The summed E-state index contributed by atoms with van der Waals surface area (Å²) in [5, 5.41) is 2.58. The molecule has 2 aromatic rings. The zero-order valence-corrected chi connectivity index (χ0v) is 12.9. The topological polar surface area (TPSA) is 72.2 Å². The second-order valence-electron chi connectivity index (χ2n) is 4.28. The lowest BCUT2D eigenvalue weighted by Gasteiger charge is -2.01. The average molecular weight is 302 g/mol. The van der Waals surface area contributed by atoms with Crippen molar-refractivity contribution in [2.45, 2.75) is 11.8 Å². The van der Waals surface area contributed by atoms with Gasteiger partial charge in [0.15, 0.2) is 0 Å². The number of nitrogens with one attached hydrogen (secondary N) is 1. The van der Waals surface area contributed by atoms with Gasteiger partial charge >= 0.3 is 0 Å². The van der Waals surface area contributed by atoms with E-state index >= 15 is 0 Å². The number of carbonyl (C=O) groups excluding carboxylic acids is 2. The monoisotopic (exact) mass is 302 g/mol. The van der Waals surface area contributed by atoms with Gasteiger partial charge in [-0.3, -0.25) is 9.59 Å². The van der Waals surface area contributed by atoms with E-state index < -0.39 is 5.91 Å². The SMILES string of the molecule is CNC(=O)c1ccccc1C.NC(=O)c1ccccc1S. The number of hydrogen-bond acceptors (Lipinski definition) is 3. The Balaban J connectivity index is 0.000000211. The highest BCUT2D eigenvalue weighted by atomic mass is 32.1. The van der Waals surface area contributed by atoms with Crippen molar-refractivity contribution in [3.63, 3.8) is 0 Å². The standard InChI is InChI=1S/C9H11NO.C7H7NOS/c1-7-5-3-4-6-8(7)9(11)10-2;8-7(9)5-3-1-2-4-6(5)10/h3-6H,1-2H3,(H,10,11);1-4,10H,(H2,8,9). The molecule has 0 aromatic heterocycles. The van der Waals surface area contributed by atoms with Crippen LogP contribution < -0.4 is 11.1 Å². The molecule has 0 heterocycles. The largest absolute Gasteiger partial charge is 0.366 e. The molecule has 0 atom stereocenters. The minimum atomic E-state index is -0.439. The van der Waals surface area contributed by atoms with Crippen LogP contribution in [0.2, 0.25) is 0 Å². The first-order valence-electron chi connectivity index (χ1n) is 6.33. The van der Waals surface area contributed by atoms with Crippen LogP contribution in [0, 0.1) is 6.92 Å². The van der Waals surface area contributed by atoms with E-state index in [0.717, 1.165) is 11.1 Å². The van der Waals surface area contributed by atoms with E-state index in [9.17, 15) is 9.59 Å². The molecular weight excluding hydrogens is 284 g/mol. The molecule has 0 aliphatic heterocycles. The summed E-state index contributed by atoms with van der Waals surface area (Å²) in [5.74, 6) is -0.464. The Morgan fingerprint density at radius 3 is 1.95 bits per heavy atom. The Kier molecular flexibility index (Phi) is 6.49. The molecule has 110 valence electrons. The van der Waals surface area contributed by atoms with Crippen molar-refractivity contribution in [3.8, 4) is 0 Å². The molecule has 4 nitrogen and oxygen atoms in total. The number of thiol groups is 1. The molecule has 3 N–H and O–H groups in total. The third kappa shape index (κ3) is 4.96. The molecule has 0 aliphatic rings. The fourth-order valence-corrected chi connectivity index (χ4v) is 1.92. The van der Waals surface area contributed by atoms with Crippen molar-refractivity contribution in [3.05, 3.63) is 65.2 Å². The first-order valence-corrected chi connectivity index (χ1v) is 6.77. The van der Waals surface area contributed by atoms with Crippen LogP contribution in [-0.4, -0.2) is 18.9 Å². The van der Waals surface area contributed by atoms with Gasteiger partial charge in [-0.25, -0.2) is 0 Å². The van der Waals surface area contributed by atoms with Crippen LogP contribution in [0.1, 0.15) is 26.3 Å². The van der Waals surface area contributed by atoms with Crippen molar-refractivity contribution in [1.82, 2.24) is 5.32 Å². The van der Waals surface area contributed by atoms with E-state index in [4.69, 9.17) is 5.73 Å². The van der Waals surface area contributed by atoms with Gasteiger partial charge in [-0.05, 0) is 30.7 Å². The van der Waals surface area contributed by atoms with Crippen molar-refractivity contribution in [2.75, 3.05) is 7.05 Å². The molecule has 0 unspecified atom stereocenters. The molecule has 5 heteroatoms. The predicted molar refractivity (Wildman–Crippen MR) is 86.8 cm³/mol. The quantitative estimate of drug-likeness (QED) is 0.746. The predicted octanol–water partition coefficient (Wildman–Crippen LogP) is 2.43. The van der Waals surface area contributed by atoms with Crippen LogP contribution in [-0.2, 0) is 0 Å². The van der Waals surface area contributed by atoms with E-state index in [2.05, 4.69) is 17.9 Å². The Morgan fingerprint density at radius 2 is 1.52 bits per heavy atom. The van der Waals surface area contributed by atoms with Crippen LogP contribution in [0.5, 0.6) is 0 Å². The Morgan fingerprint density at radius 1 is 1.00 bits per heavy atom. The summed E-state index contributed by atoms with van der Waals surface area (Å²) in [5.41, 5.74) is 7.24. The van der Waals surface area contributed by atoms with Gasteiger partial charge < -0.3 is 11.1 Å². The maximum absolute atomic E-state index is 11.1. The molecule has 0 aliphatic carbocycles. The fourth-order valence-electron chi connectivity index (χ4n) is 1.64. The molecule has 0 saturated heterocycles. The smallest absolute Gasteiger partial charge is 0.251 e. The lowest BCUT2D eigenvalue weighted by molar-refractivity contribution is 0.0960. The highest BCUT2D eigenvalue weighted by Gasteiger charge is 2.03. The number of primary amides is 1. The van der Waals surface area contributed by atoms with Gasteiger partial charge in [0.25, 0.3) is 5.91 Å². The van der Waals surface area contributed by atoms with Gasteiger partial charge in [0.1, 0.15) is 0 Å². The Labute approximate surface area is 129 Å². The Hall–Kier alpha value is -2.27. The normalized spacial score (nSPS) is 9.29. The molecule has 2 rings (SSSR count). The number of amides is 2. The third-order valence-electron chi connectivity index (χ3n) is 2.79. The maximum Gasteiger partial charge on any atom is 0.251 e. The van der Waals surface area contributed by atoms with Gasteiger partial charge in [-0.2, -0.15) is 0 Å². The summed E-state index contributed by atoms with van der Waals surface area (Å²) in [6.45, 7) is 1.92. The molecular formula is C16H18N2O2S. The highest BCUT2D eigenvalue weighted by Crippen LogP contribution is 2.11. The van der Waals surface area contributed by atoms with Crippen molar-refractivity contribution >= 4 is 24.4 Å². The van der Waals surface area contributed by atoms with E-state index in [0.29, 0.717) is 10.5 Å².